The molecule has 0 fully saturated rings. The quantitative estimate of drug-likeness (QED) is 0.623. The number of ether oxygens (including phenoxy) is 3. The van der Waals surface area contributed by atoms with Crippen LogP contribution >= 0.6 is 0 Å². The van der Waals surface area contributed by atoms with Gasteiger partial charge in [-0.3, -0.25) is 5.84 Å². The summed E-state index contributed by atoms with van der Waals surface area (Å²) >= 11 is 0. The van der Waals surface area contributed by atoms with Gasteiger partial charge in [-0.25, -0.2) is 5.43 Å². The minimum Gasteiger partial charge on any atom is -0.496 e. The van der Waals surface area contributed by atoms with Crippen LogP contribution in [0.2, 0.25) is 0 Å². The van der Waals surface area contributed by atoms with Crippen molar-refractivity contribution in [3.63, 3.8) is 0 Å². The van der Waals surface area contributed by atoms with Gasteiger partial charge in [-0.15, -0.1) is 0 Å². The molecule has 5 heteroatoms. The molecule has 5 nitrogen and oxygen atoms in total. The minimum atomic E-state index is -0.136. The third kappa shape index (κ3) is 2.02. The van der Waals surface area contributed by atoms with Gasteiger partial charge in [-0.05, 0) is 23.8 Å². The highest BCUT2D eigenvalue weighted by molar-refractivity contribution is 5.45. The normalized spacial score (nSPS) is 19.1. The molecule has 2 heterocycles. The van der Waals surface area contributed by atoms with Gasteiger partial charge in [0.15, 0.2) is 11.5 Å². The Morgan fingerprint density at radius 3 is 2.61 bits per heavy atom. The zero-order valence-corrected chi connectivity index (χ0v) is 10.0. The van der Waals surface area contributed by atoms with Gasteiger partial charge in [-0.1, -0.05) is 6.07 Å². The van der Waals surface area contributed by atoms with Crippen molar-refractivity contribution < 1.29 is 14.2 Å². The maximum atomic E-state index is 5.62. The van der Waals surface area contributed by atoms with Crippen LogP contribution in [0.4, 0.5) is 0 Å². The van der Waals surface area contributed by atoms with E-state index in [1.165, 1.54) is 0 Å². The lowest BCUT2D eigenvalue weighted by Crippen LogP contribution is -2.29. The lowest BCUT2D eigenvalue weighted by atomic mass is 10.0. The van der Waals surface area contributed by atoms with Crippen LogP contribution in [0.25, 0.3) is 0 Å². The first-order valence-electron chi connectivity index (χ1n) is 6.07. The Labute approximate surface area is 105 Å². The lowest BCUT2D eigenvalue weighted by molar-refractivity contribution is 0.171. The summed E-state index contributed by atoms with van der Waals surface area (Å²) in [5.41, 5.74) is 3.79. The molecule has 3 rings (SSSR count). The zero-order valence-electron chi connectivity index (χ0n) is 10.0. The first kappa shape index (κ1) is 11.4. The van der Waals surface area contributed by atoms with Gasteiger partial charge in [0.1, 0.15) is 25.0 Å². The minimum absolute atomic E-state index is 0.136. The fourth-order valence-corrected chi connectivity index (χ4v) is 2.22. The molecule has 0 amide bonds. The average molecular weight is 248 g/mol. The van der Waals surface area contributed by atoms with Gasteiger partial charge >= 0.3 is 0 Å². The van der Waals surface area contributed by atoms with Crippen molar-refractivity contribution in [3.05, 3.63) is 35.6 Å². The van der Waals surface area contributed by atoms with Crippen molar-refractivity contribution >= 4 is 0 Å². The van der Waals surface area contributed by atoms with Crippen molar-refractivity contribution in [1.29, 1.82) is 0 Å². The van der Waals surface area contributed by atoms with E-state index in [4.69, 9.17) is 20.1 Å². The van der Waals surface area contributed by atoms with E-state index >= 15 is 0 Å². The largest absolute Gasteiger partial charge is 0.496 e. The summed E-state index contributed by atoms with van der Waals surface area (Å²) < 4.78 is 16.6. The van der Waals surface area contributed by atoms with E-state index < -0.39 is 0 Å². The second kappa shape index (κ2) is 4.88. The summed E-state index contributed by atoms with van der Waals surface area (Å²) in [4.78, 5) is 0. The molecule has 1 aromatic carbocycles. The van der Waals surface area contributed by atoms with Gasteiger partial charge < -0.3 is 14.2 Å². The van der Waals surface area contributed by atoms with E-state index in [2.05, 4.69) is 11.5 Å². The van der Waals surface area contributed by atoms with Crippen molar-refractivity contribution in [2.75, 3.05) is 19.8 Å². The third-order valence-electron chi connectivity index (χ3n) is 3.08. The van der Waals surface area contributed by atoms with Gasteiger partial charge in [0.25, 0.3) is 0 Å². The Morgan fingerprint density at radius 2 is 1.89 bits per heavy atom. The highest BCUT2D eigenvalue weighted by atomic mass is 16.6. The zero-order chi connectivity index (χ0) is 12.4. The molecule has 0 saturated heterocycles. The van der Waals surface area contributed by atoms with Crippen LogP contribution in [0.3, 0.4) is 0 Å². The third-order valence-corrected chi connectivity index (χ3v) is 3.08. The van der Waals surface area contributed by atoms with E-state index in [0.29, 0.717) is 13.2 Å². The average Bonchev–Trinajstić information content (AvgIpc) is 2.93. The van der Waals surface area contributed by atoms with E-state index in [1.807, 2.05) is 18.2 Å². The van der Waals surface area contributed by atoms with Crippen molar-refractivity contribution in [2.45, 2.75) is 12.5 Å². The molecule has 1 atom stereocenters. The molecule has 0 bridgehead atoms. The molecule has 0 aliphatic carbocycles. The van der Waals surface area contributed by atoms with E-state index in [1.54, 1.807) is 0 Å². The number of nitrogens with one attached hydrogen (secondary N) is 1. The first-order chi connectivity index (χ1) is 8.88. The Balaban J connectivity index is 1.90. The second-order valence-electron chi connectivity index (χ2n) is 4.25. The predicted molar refractivity (Wildman–Crippen MR) is 66.1 cm³/mol. The van der Waals surface area contributed by atoms with E-state index in [9.17, 15) is 0 Å². The van der Waals surface area contributed by atoms with E-state index in [-0.39, 0.29) is 6.04 Å². The molecule has 18 heavy (non-hydrogen) atoms. The summed E-state index contributed by atoms with van der Waals surface area (Å²) in [6.45, 7) is 1.90. The van der Waals surface area contributed by atoms with Crippen LogP contribution < -0.4 is 20.7 Å². The number of hydrogen-bond donors (Lipinski definition) is 2. The van der Waals surface area contributed by atoms with Crippen LogP contribution in [0.1, 0.15) is 18.0 Å². The molecule has 0 radical (unpaired) electrons. The summed E-state index contributed by atoms with van der Waals surface area (Å²) in [6.07, 6.45) is 2.99. The molecule has 96 valence electrons. The first-order valence-corrected chi connectivity index (χ1v) is 6.07. The number of nitrogens with two attached hydrogens (primary N) is 1. The molecule has 0 saturated carbocycles. The van der Waals surface area contributed by atoms with Crippen molar-refractivity contribution in [3.8, 4) is 11.5 Å². The topological polar surface area (TPSA) is 65.7 Å². The van der Waals surface area contributed by atoms with Crippen LogP contribution in [0.5, 0.6) is 11.5 Å². The van der Waals surface area contributed by atoms with Gasteiger partial charge in [0.2, 0.25) is 0 Å². The molecular formula is C13H16N2O3. The highest BCUT2D eigenvalue weighted by Gasteiger charge is 2.22. The van der Waals surface area contributed by atoms with Crippen LogP contribution in [-0.4, -0.2) is 19.8 Å². The highest BCUT2D eigenvalue weighted by Crippen LogP contribution is 2.35. The Kier molecular flexibility index (Phi) is 3.08. The number of benzene rings is 1. The maximum Gasteiger partial charge on any atom is 0.161 e. The Hall–Kier alpha value is -1.72. The molecule has 1 unspecified atom stereocenters. The predicted octanol–water partition coefficient (Wildman–Crippen LogP) is 1.27. The molecule has 3 N–H and O–H groups in total. The SMILES string of the molecule is NNC(C1=CCCO1)c1ccc2c(c1)OCCO2. The summed E-state index contributed by atoms with van der Waals surface area (Å²) in [5, 5.41) is 0. The summed E-state index contributed by atoms with van der Waals surface area (Å²) in [5.74, 6) is 8.03. The van der Waals surface area contributed by atoms with Crippen molar-refractivity contribution in [2.24, 2.45) is 5.84 Å². The van der Waals surface area contributed by atoms with Crippen LogP contribution in [0, 0.1) is 0 Å². The van der Waals surface area contributed by atoms with Crippen LogP contribution in [-0.2, 0) is 4.74 Å². The summed E-state index contributed by atoms with van der Waals surface area (Å²) in [6, 6.07) is 5.69. The molecule has 2 aliphatic rings. The van der Waals surface area contributed by atoms with Crippen molar-refractivity contribution in [1.82, 2.24) is 5.43 Å². The number of hydrazine groups is 1. The monoisotopic (exact) mass is 248 g/mol. The second-order valence-corrected chi connectivity index (χ2v) is 4.25. The molecule has 0 aromatic heterocycles. The summed E-state index contributed by atoms with van der Waals surface area (Å²) in [7, 11) is 0. The number of fused-ring (bicyclic) bond motifs is 1. The number of hydrogen-bond acceptors (Lipinski definition) is 5. The standard InChI is InChI=1S/C13H16N2O3/c14-15-13(11-2-1-5-16-11)9-3-4-10-12(8-9)18-7-6-17-10/h2-4,8,13,15H,1,5-7,14H2. The lowest BCUT2D eigenvalue weighted by Gasteiger charge is -2.22. The molecule has 0 spiro atoms. The maximum absolute atomic E-state index is 5.62. The van der Waals surface area contributed by atoms with Gasteiger partial charge in [-0.2, -0.15) is 0 Å². The van der Waals surface area contributed by atoms with E-state index in [0.717, 1.165) is 35.8 Å². The van der Waals surface area contributed by atoms with Gasteiger partial charge in [0.05, 0.1) is 6.61 Å². The molecular weight excluding hydrogens is 232 g/mol. The fourth-order valence-electron chi connectivity index (χ4n) is 2.22. The number of rotatable bonds is 3. The Morgan fingerprint density at radius 1 is 1.06 bits per heavy atom. The molecule has 2 aliphatic heterocycles. The van der Waals surface area contributed by atoms with Gasteiger partial charge in [0, 0.05) is 6.42 Å². The smallest absolute Gasteiger partial charge is 0.161 e. The molecule has 1 aromatic rings. The Bertz CT molecular complexity index is 473. The fraction of sp³-hybridized carbons (Fsp3) is 0.385. The van der Waals surface area contributed by atoms with Crippen LogP contribution in [0.15, 0.2) is 30.0 Å².